The fourth-order valence-corrected chi connectivity index (χ4v) is 4.48. The van der Waals surface area contributed by atoms with Gasteiger partial charge in [0.05, 0.1) is 10.5 Å². The summed E-state index contributed by atoms with van der Waals surface area (Å²) in [6.07, 6.45) is 0. The second-order valence-electron chi connectivity index (χ2n) is 6.23. The molecule has 29 heavy (non-hydrogen) atoms. The first-order valence-corrected chi connectivity index (χ1v) is 10.1. The molecular weight excluding hydrogens is 403 g/mol. The maximum Gasteiger partial charge on any atom is 0.254 e. The summed E-state index contributed by atoms with van der Waals surface area (Å²) in [7, 11) is -4.00. The lowest BCUT2D eigenvalue weighted by molar-refractivity contribution is 0.0949. The van der Waals surface area contributed by atoms with Gasteiger partial charge in [0.1, 0.15) is 22.7 Å². The van der Waals surface area contributed by atoms with Crippen LogP contribution in [0.25, 0.3) is 0 Å². The third-order valence-corrected chi connectivity index (χ3v) is 6.43. The fraction of sp³-hybridized carbons (Fsp3) is 0.0952. The number of carbonyl (C=O) groups excluding carboxylic acids is 1. The molecule has 3 aromatic carbocycles. The second kappa shape index (κ2) is 8.48. The van der Waals surface area contributed by atoms with Gasteiger partial charge in [0, 0.05) is 12.6 Å². The van der Waals surface area contributed by atoms with Crippen LogP contribution in [0.5, 0.6) is 0 Å². The molecule has 0 heterocycles. The third-order valence-electron chi connectivity index (χ3n) is 4.31. The predicted octanol–water partition coefficient (Wildman–Crippen LogP) is 4.05. The van der Waals surface area contributed by atoms with Gasteiger partial charge in [-0.3, -0.25) is 4.79 Å². The Kier molecular flexibility index (Phi) is 6.03. The van der Waals surface area contributed by atoms with Crippen molar-refractivity contribution < 1.29 is 26.4 Å². The minimum Gasteiger partial charge on any atom is -0.350 e. The highest BCUT2D eigenvalue weighted by atomic mass is 32.2. The highest BCUT2D eigenvalue weighted by Crippen LogP contribution is 2.28. The van der Waals surface area contributed by atoms with Crippen molar-refractivity contribution in [1.82, 2.24) is 5.32 Å². The largest absolute Gasteiger partial charge is 0.350 e. The number of benzene rings is 3. The van der Waals surface area contributed by atoms with E-state index in [0.29, 0.717) is 11.6 Å². The number of rotatable bonds is 6. The molecule has 1 unspecified atom stereocenters. The third kappa shape index (κ3) is 4.65. The number of hydrogen-bond donors (Lipinski definition) is 1. The first-order chi connectivity index (χ1) is 13.8. The molecule has 0 aromatic heterocycles. The van der Waals surface area contributed by atoms with Gasteiger partial charge in [-0.2, -0.15) is 0 Å². The molecule has 0 fully saturated rings. The van der Waals surface area contributed by atoms with Crippen LogP contribution in [0, 0.1) is 17.5 Å². The summed E-state index contributed by atoms with van der Waals surface area (Å²) < 4.78 is 66.3. The Labute approximate surface area is 165 Å². The average molecular weight is 419 g/mol. The van der Waals surface area contributed by atoms with Gasteiger partial charge in [0.15, 0.2) is 9.84 Å². The van der Waals surface area contributed by atoms with Gasteiger partial charge in [-0.05, 0) is 42.0 Å². The quantitative estimate of drug-likeness (QED) is 0.613. The zero-order chi connectivity index (χ0) is 21.0. The summed E-state index contributed by atoms with van der Waals surface area (Å²) in [6.45, 7) is -0.362. The Hall–Kier alpha value is -3.13. The van der Waals surface area contributed by atoms with Crippen LogP contribution in [-0.2, 0) is 9.84 Å². The van der Waals surface area contributed by atoms with Gasteiger partial charge < -0.3 is 5.32 Å². The molecule has 0 aliphatic heterocycles. The molecule has 0 saturated carbocycles. The zero-order valence-corrected chi connectivity index (χ0v) is 15.8. The van der Waals surface area contributed by atoms with Crippen molar-refractivity contribution in [2.24, 2.45) is 0 Å². The summed E-state index contributed by atoms with van der Waals surface area (Å²) in [5.74, 6) is -3.35. The van der Waals surface area contributed by atoms with E-state index in [4.69, 9.17) is 0 Å². The maximum atomic E-state index is 13.8. The molecule has 150 valence electrons. The summed E-state index contributed by atoms with van der Waals surface area (Å²) in [5.41, 5.74) is -0.00547. The maximum absolute atomic E-state index is 13.8. The highest BCUT2D eigenvalue weighted by molar-refractivity contribution is 7.91. The van der Waals surface area contributed by atoms with E-state index in [9.17, 15) is 26.4 Å². The molecule has 0 spiro atoms. The van der Waals surface area contributed by atoms with Gasteiger partial charge in [0.25, 0.3) is 5.91 Å². The Balaban J connectivity index is 1.90. The van der Waals surface area contributed by atoms with Gasteiger partial charge >= 0.3 is 0 Å². The topological polar surface area (TPSA) is 63.2 Å². The van der Waals surface area contributed by atoms with Crippen LogP contribution < -0.4 is 5.32 Å². The Morgan fingerprint density at radius 3 is 2.10 bits per heavy atom. The zero-order valence-electron chi connectivity index (χ0n) is 15.0. The SMILES string of the molecule is O=C(NCC(c1ccccc1)S(=O)(=O)c1ccc(F)cc1)c1ccc(F)cc1F. The van der Waals surface area contributed by atoms with Crippen LogP contribution in [0.2, 0.25) is 0 Å². The number of carbonyl (C=O) groups is 1. The summed E-state index contributed by atoms with van der Waals surface area (Å²) in [6, 6.07) is 15.0. The number of hydrogen-bond acceptors (Lipinski definition) is 3. The standard InChI is InChI=1S/C21H16F3NO3S/c22-15-6-9-17(10-7-15)29(27,28)20(14-4-2-1-3-5-14)13-25-21(26)18-11-8-16(23)12-19(18)24/h1-12,20H,13H2,(H,25,26). The van der Waals surface area contributed by atoms with Crippen molar-refractivity contribution in [3.63, 3.8) is 0 Å². The van der Waals surface area contributed by atoms with Gasteiger partial charge in [0.2, 0.25) is 0 Å². The van der Waals surface area contributed by atoms with Crippen molar-refractivity contribution in [3.05, 3.63) is 101 Å². The van der Waals surface area contributed by atoms with Crippen molar-refractivity contribution in [2.75, 3.05) is 6.54 Å². The van der Waals surface area contributed by atoms with Crippen molar-refractivity contribution >= 4 is 15.7 Å². The molecule has 0 saturated heterocycles. The molecule has 4 nitrogen and oxygen atoms in total. The summed E-state index contributed by atoms with van der Waals surface area (Å²) in [4.78, 5) is 12.2. The van der Waals surface area contributed by atoms with E-state index in [1.165, 1.54) is 0 Å². The fourth-order valence-electron chi connectivity index (χ4n) is 2.82. The highest BCUT2D eigenvalue weighted by Gasteiger charge is 2.30. The predicted molar refractivity (Wildman–Crippen MR) is 101 cm³/mol. The van der Waals surface area contributed by atoms with Crippen molar-refractivity contribution in [2.45, 2.75) is 10.1 Å². The van der Waals surface area contributed by atoms with Crippen molar-refractivity contribution in [1.29, 1.82) is 0 Å². The summed E-state index contributed by atoms with van der Waals surface area (Å²) in [5, 5.41) is 1.20. The Bertz CT molecular complexity index is 1120. The normalized spacial score (nSPS) is 12.4. The molecule has 0 radical (unpaired) electrons. The van der Waals surface area contributed by atoms with Gasteiger partial charge in [-0.1, -0.05) is 30.3 Å². The minimum absolute atomic E-state index is 0.116. The Morgan fingerprint density at radius 2 is 1.48 bits per heavy atom. The monoisotopic (exact) mass is 419 g/mol. The van der Waals surface area contributed by atoms with E-state index >= 15 is 0 Å². The number of sulfone groups is 1. The summed E-state index contributed by atoms with van der Waals surface area (Å²) >= 11 is 0. The lowest BCUT2D eigenvalue weighted by atomic mass is 10.1. The minimum atomic E-state index is -4.00. The number of halogens is 3. The lowest BCUT2D eigenvalue weighted by Crippen LogP contribution is -2.32. The molecule has 0 bridgehead atoms. The van der Waals surface area contributed by atoms with E-state index in [2.05, 4.69) is 5.32 Å². The van der Waals surface area contributed by atoms with E-state index in [0.717, 1.165) is 36.4 Å². The van der Waals surface area contributed by atoms with Crippen LogP contribution in [0.15, 0.2) is 77.7 Å². The average Bonchev–Trinajstić information content (AvgIpc) is 2.69. The van der Waals surface area contributed by atoms with E-state index in [-0.39, 0.29) is 11.4 Å². The molecule has 1 amide bonds. The van der Waals surface area contributed by atoms with Crippen LogP contribution in [0.1, 0.15) is 21.2 Å². The van der Waals surface area contributed by atoms with E-state index in [1.54, 1.807) is 30.3 Å². The van der Waals surface area contributed by atoms with E-state index < -0.39 is 44.0 Å². The molecule has 0 aliphatic rings. The smallest absolute Gasteiger partial charge is 0.254 e. The van der Waals surface area contributed by atoms with Crippen LogP contribution in [0.4, 0.5) is 13.2 Å². The Morgan fingerprint density at radius 1 is 0.862 bits per heavy atom. The molecule has 8 heteroatoms. The lowest BCUT2D eigenvalue weighted by Gasteiger charge is -2.19. The molecule has 0 aliphatic carbocycles. The number of nitrogens with one attached hydrogen (secondary N) is 1. The molecular formula is C21H16F3NO3S. The molecule has 1 N–H and O–H groups in total. The van der Waals surface area contributed by atoms with Crippen LogP contribution in [-0.4, -0.2) is 20.9 Å². The molecule has 1 atom stereocenters. The van der Waals surface area contributed by atoms with Crippen molar-refractivity contribution in [3.8, 4) is 0 Å². The van der Waals surface area contributed by atoms with Gasteiger partial charge in [-0.15, -0.1) is 0 Å². The van der Waals surface area contributed by atoms with Gasteiger partial charge in [-0.25, -0.2) is 21.6 Å². The first kappa shape index (κ1) is 20.6. The van der Waals surface area contributed by atoms with Crippen LogP contribution in [0.3, 0.4) is 0 Å². The van der Waals surface area contributed by atoms with Crippen LogP contribution >= 0.6 is 0 Å². The van der Waals surface area contributed by atoms with E-state index in [1.807, 2.05) is 0 Å². The second-order valence-corrected chi connectivity index (χ2v) is 8.36. The molecule has 3 aromatic rings. The first-order valence-electron chi connectivity index (χ1n) is 8.56. The number of amides is 1. The molecule has 3 rings (SSSR count).